The van der Waals surface area contributed by atoms with Gasteiger partial charge in [-0.15, -0.1) is 0 Å². The fourth-order valence-corrected chi connectivity index (χ4v) is 0.887. The van der Waals surface area contributed by atoms with Gasteiger partial charge in [0.2, 0.25) is 0 Å². The second kappa shape index (κ2) is 8.47. The van der Waals surface area contributed by atoms with Gasteiger partial charge in [-0.1, -0.05) is 32.6 Å². The number of hydrogen-bond acceptors (Lipinski definition) is 2. The third-order valence-corrected chi connectivity index (χ3v) is 1.50. The number of rotatable bonds is 7. The first-order chi connectivity index (χ1) is 4.91. The topological polar surface area (TPSA) is 24.4 Å². The normalized spacial score (nSPS) is 9.30. The minimum atomic E-state index is 0.979. The average molecular weight is 142 g/mol. The van der Waals surface area contributed by atoms with Crippen molar-refractivity contribution in [1.29, 1.82) is 0 Å². The molecule has 0 aromatic heterocycles. The molecule has 10 heavy (non-hydrogen) atoms. The summed E-state index contributed by atoms with van der Waals surface area (Å²) in [5.41, 5.74) is 2.84. The zero-order valence-electron chi connectivity index (χ0n) is 6.90. The molecule has 0 aliphatic heterocycles. The van der Waals surface area contributed by atoms with E-state index in [4.69, 9.17) is 0 Å². The van der Waals surface area contributed by atoms with Gasteiger partial charge in [-0.25, -0.2) is 0 Å². The lowest BCUT2D eigenvalue weighted by Gasteiger charge is -1.98. The van der Waals surface area contributed by atoms with Crippen molar-refractivity contribution in [3.8, 4) is 0 Å². The Hall–Kier alpha value is -0.530. The van der Waals surface area contributed by atoms with E-state index in [2.05, 4.69) is 24.2 Å². The van der Waals surface area contributed by atoms with Crippen LogP contribution >= 0.6 is 0 Å². The van der Waals surface area contributed by atoms with Gasteiger partial charge < -0.3 is 5.43 Å². The Morgan fingerprint density at radius 1 is 1.20 bits per heavy atom. The first-order valence-electron chi connectivity index (χ1n) is 4.10. The van der Waals surface area contributed by atoms with Crippen molar-refractivity contribution in [3.63, 3.8) is 0 Å². The zero-order valence-corrected chi connectivity index (χ0v) is 6.90. The maximum Gasteiger partial charge on any atom is 0.0329 e. The largest absolute Gasteiger partial charge is 0.311 e. The molecule has 1 N–H and O–H groups in total. The molecule has 0 aromatic carbocycles. The molecule has 0 aromatic rings. The van der Waals surface area contributed by atoms with Crippen molar-refractivity contribution < 1.29 is 0 Å². The predicted octanol–water partition coefficient (Wildman–Crippen LogP) is 2.16. The molecule has 2 heteroatoms. The minimum Gasteiger partial charge on any atom is -0.311 e. The summed E-state index contributed by atoms with van der Waals surface area (Å²) >= 11 is 0. The summed E-state index contributed by atoms with van der Waals surface area (Å²) in [6, 6.07) is 0. The summed E-state index contributed by atoms with van der Waals surface area (Å²) in [5, 5.41) is 3.55. The van der Waals surface area contributed by atoms with Crippen molar-refractivity contribution in [3.05, 3.63) is 0 Å². The number of unbranched alkanes of at least 4 members (excludes halogenated alkanes) is 4. The van der Waals surface area contributed by atoms with Gasteiger partial charge in [0, 0.05) is 13.3 Å². The molecule has 0 saturated carbocycles. The van der Waals surface area contributed by atoms with E-state index in [1.165, 1.54) is 32.1 Å². The van der Waals surface area contributed by atoms with Crippen LogP contribution in [0, 0.1) is 0 Å². The van der Waals surface area contributed by atoms with Gasteiger partial charge in [-0.3, -0.25) is 0 Å². The minimum absolute atomic E-state index is 0.979. The Labute approximate surface area is 63.7 Å². The smallest absolute Gasteiger partial charge is 0.0329 e. The molecule has 0 atom stereocenters. The molecule has 0 amide bonds. The molecule has 60 valence electrons. The second-order valence-electron chi connectivity index (χ2n) is 2.48. The summed E-state index contributed by atoms with van der Waals surface area (Å²) in [4.78, 5) is 0. The van der Waals surface area contributed by atoms with E-state index in [1.54, 1.807) is 0 Å². The molecule has 0 aliphatic rings. The summed E-state index contributed by atoms with van der Waals surface area (Å²) in [6.07, 6.45) is 6.57. The average Bonchev–Trinajstić information content (AvgIpc) is 1.97. The van der Waals surface area contributed by atoms with E-state index in [-0.39, 0.29) is 0 Å². The van der Waals surface area contributed by atoms with Crippen molar-refractivity contribution in [2.75, 3.05) is 6.54 Å². The Balaban J connectivity index is 2.70. The van der Waals surface area contributed by atoms with Gasteiger partial charge in [-0.05, 0) is 6.42 Å². The SMILES string of the molecule is C=NNCCCCCCC. The van der Waals surface area contributed by atoms with Crippen molar-refractivity contribution in [2.24, 2.45) is 5.10 Å². The van der Waals surface area contributed by atoms with Crippen molar-refractivity contribution in [2.45, 2.75) is 39.0 Å². The molecular formula is C8H18N2. The van der Waals surface area contributed by atoms with Crippen LogP contribution in [0.4, 0.5) is 0 Å². The van der Waals surface area contributed by atoms with Gasteiger partial charge >= 0.3 is 0 Å². The van der Waals surface area contributed by atoms with Gasteiger partial charge in [-0.2, -0.15) is 5.10 Å². The maximum atomic E-state index is 3.55. The standard InChI is InChI=1S/C8H18N2/c1-3-4-5-6-7-8-10-9-2/h10H,2-8H2,1H3. The predicted molar refractivity (Wildman–Crippen MR) is 46.3 cm³/mol. The van der Waals surface area contributed by atoms with Gasteiger partial charge in [0.25, 0.3) is 0 Å². The molecule has 0 fully saturated rings. The monoisotopic (exact) mass is 142 g/mol. The first-order valence-corrected chi connectivity index (χ1v) is 4.10. The van der Waals surface area contributed by atoms with Gasteiger partial charge in [0.05, 0.1) is 0 Å². The lowest BCUT2D eigenvalue weighted by molar-refractivity contribution is 0.597. The Morgan fingerprint density at radius 3 is 2.50 bits per heavy atom. The van der Waals surface area contributed by atoms with Crippen molar-refractivity contribution >= 4 is 6.72 Å². The number of hydrazone groups is 1. The van der Waals surface area contributed by atoms with Crippen LogP contribution in [0.3, 0.4) is 0 Å². The van der Waals surface area contributed by atoms with Crippen LogP contribution in [-0.4, -0.2) is 13.3 Å². The summed E-state index contributed by atoms with van der Waals surface area (Å²) in [6.45, 7) is 6.54. The number of hydrogen-bond donors (Lipinski definition) is 1. The fraction of sp³-hybridized carbons (Fsp3) is 0.875. The summed E-state index contributed by atoms with van der Waals surface area (Å²) < 4.78 is 0. The van der Waals surface area contributed by atoms with Gasteiger partial charge in [0.15, 0.2) is 0 Å². The second-order valence-corrected chi connectivity index (χ2v) is 2.48. The van der Waals surface area contributed by atoms with Crippen LogP contribution in [0.1, 0.15) is 39.0 Å². The molecule has 0 unspecified atom stereocenters. The molecule has 0 spiro atoms. The molecule has 0 saturated heterocycles. The lowest BCUT2D eigenvalue weighted by Crippen LogP contribution is -2.05. The van der Waals surface area contributed by atoms with E-state index in [0.29, 0.717) is 0 Å². The molecule has 0 rings (SSSR count). The van der Waals surface area contributed by atoms with E-state index in [0.717, 1.165) is 6.54 Å². The Bertz CT molecular complexity index is 71.7. The highest BCUT2D eigenvalue weighted by Gasteiger charge is 1.86. The first kappa shape index (κ1) is 9.47. The lowest BCUT2D eigenvalue weighted by atomic mass is 10.2. The molecule has 2 nitrogen and oxygen atoms in total. The summed E-state index contributed by atoms with van der Waals surface area (Å²) in [5.74, 6) is 0. The zero-order chi connectivity index (χ0) is 7.66. The third kappa shape index (κ3) is 7.47. The van der Waals surface area contributed by atoms with E-state index < -0.39 is 0 Å². The molecule has 0 bridgehead atoms. The highest BCUT2D eigenvalue weighted by atomic mass is 15.3. The van der Waals surface area contributed by atoms with Crippen molar-refractivity contribution in [1.82, 2.24) is 5.43 Å². The van der Waals surface area contributed by atoms with E-state index >= 15 is 0 Å². The van der Waals surface area contributed by atoms with Crippen LogP contribution in [0.2, 0.25) is 0 Å². The molecule has 0 radical (unpaired) electrons. The van der Waals surface area contributed by atoms with Crippen LogP contribution in [-0.2, 0) is 0 Å². The molecule has 0 heterocycles. The summed E-state index contributed by atoms with van der Waals surface area (Å²) in [7, 11) is 0. The number of nitrogens with zero attached hydrogens (tertiary/aromatic N) is 1. The van der Waals surface area contributed by atoms with E-state index in [9.17, 15) is 0 Å². The van der Waals surface area contributed by atoms with Crippen LogP contribution in [0.25, 0.3) is 0 Å². The Kier molecular flexibility index (Phi) is 8.02. The van der Waals surface area contributed by atoms with Crippen LogP contribution < -0.4 is 5.43 Å². The van der Waals surface area contributed by atoms with Crippen LogP contribution in [0.15, 0.2) is 5.10 Å². The molecule has 0 aliphatic carbocycles. The third-order valence-electron chi connectivity index (χ3n) is 1.50. The Morgan fingerprint density at radius 2 is 1.90 bits per heavy atom. The van der Waals surface area contributed by atoms with E-state index in [1.807, 2.05) is 0 Å². The van der Waals surface area contributed by atoms with Crippen LogP contribution in [0.5, 0.6) is 0 Å². The highest BCUT2D eigenvalue weighted by Crippen LogP contribution is 2.00. The highest BCUT2D eigenvalue weighted by molar-refractivity contribution is 5.22. The maximum absolute atomic E-state index is 3.55. The molecular weight excluding hydrogens is 124 g/mol. The quantitative estimate of drug-likeness (QED) is 0.329. The van der Waals surface area contributed by atoms with Gasteiger partial charge in [0.1, 0.15) is 0 Å². The number of nitrogens with one attached hydrogen (secondary N) is 1. The fourth-order valence-electron chi connectivity index (χ4n) is 0.887.